The average Bonchev–Trinajstić information content (AvgIpc) is 3.13. The highest BCUT2D eigenvalue weighted by Gasteiger charge is 2.47. The number of fused-ring (bicyclic) bond motifs is 1. The van der Waals surface area contributed by atoms with E-state index in [-0.39, 0.29) is 17.9 Å². The highest BCUT2D eigenvalue weighted by Crippen LogP contribution is 2.41. The molecule has 0 bridgehead atoms. The molecule has 1 aliphatic carbocycles. The number of anilines is 1. The zero-order valence-corrected chi connectivity index (χ0v) is 16.4. The molecule has 1 saturated carbocycles. The van der Waals surface area contributed by atoms with Gasteiger partial charge in [0.05, 0.1) is 12.7 Å². The number of likely N-dealkylation sites (tertiary alicyclic amines) is 1. The summed E-state index contributed by atoms with van der Waals surface area (Å²) in [7, 11) is 1.54. The molecule has 0 spiro atoms. The van der Waals surface area contributed by atoms with E-state index < -0.39 is 11.9 Å². The van der Waals surface area contributed by atoms with E-state index in [4.69, 9.17) is 4.74 Å². The quantitative estimate of drug-likeness (QED) is 0.841. The smallest absolute Gasteiger partial charge is 0.258 e. The number of hydrogen-bond donors (Lipinski definition) is 1. The molecule has 0 radical (unpaired) electrons. The molecule has 152 valence electrons. The maximum Gasteiger partial charge on any atom is 0.258 e. The van der Waals surface area contributed by atoms with E-state index in [1.54, 1.807) is 35.2 Å². The van der Waals surface area contributed by atoms with Gasteiger partial charge >= 0.3 is 0 Å². The lowest BCUT2D eigenvalue weighted by Gasteiger charge is -2.34. The van der Waals surface area contributed by atoms with Crippen LogP contribution in [0.3, 0.4) is 0 Å². The van der Waals surface area contributed by atoms with Crippen molar-refractivity contribution in [2.24, 2.45) is 5.92 Å². The molecule has 1 N–H and O–H groups in total. The minimum absolute atomic E-state index is 0.0458. The zero-order valence-electron chi connectivity index (χ0n) is 16.4. The fraction of sp³-hybridized carbons (Fsp3) is 0.391. The maximum atomic E-state index is 13.5. The number of ether oxygens (including phenoxy) is 1. The van der Waals surface area contributed by atoms with Crippen LogP contribution < -0.4 is 10.1 Å². The Kier molecular flexibility index (Phi) is 5.51. The molecule has 1 saturated heterocycles. The number of nitrogens with one attached hydrogen (secondary N) is 1. The number of rotatable bonds is 4. The summed E-state index contributed by atoms with van der Waals surface area (Å²) in [6, 6.07) is 12.4. The van der Waals surface area contributed by atoms with Crippen molar-refractivity contribution in [2.75, 3.05) is 12.4 Å². The molecule has 6 heteroatoms. The van der Waals surface area contributed by atoms with Gasteiger partial charge in [-0.2, -0.15) is 0 Å². The van der Waals surface area contributed by atoms with Crippen molar-refractivity contribution < 1.29 is 18.7 Å². The van der Waals surface area contributed by atoms with Gasteiger partial charge in [0, 0.05) is 11.7 Å². The largest absolute Gasteiger partial charge is 0.496 e. The van der Waals surface area contributed by atoms with Gasteiger partial charge in [0.1, 0.15) is 17.6 Å². The Balaban J connectivity index is 1.64. The van der Waals surface area contributed by atoms with Crippen LogP contribution in [0.25, 0.3) is 0 Å². The normalized spacial score (nSPS) is 23.4. The van der Waals surface area contributed by atoms with Gasteiger partial charge in [-0.15, -0.1) is 0 Å². The lowest BCUT2D eigenvalue weighted by molar-refractivity contribution is -0.120. The molecule has 1 aliphatic heterocycles. The fourth-order valence-electron chi connectivity index (χ4n) is 4.74. The molecule has 2 aromatic carbocycles. The number of hydrogen-bond acceptors (Lipinski definition) is 3. The molecule has 2 amide bonds. The number of halogens is 1. The van der Waals surface area contributed by atoms with Crippen LogP contribution in [0.1, 0.15) is 42.5 Å². The van der Waals surface area contributed by atoms with E-state index in [0.717, 1.165) is 25.7 Å². The van der Waals surface area contributed by atoms with Crippen molar-refractivity contribution in [2.45, 2.75) is 44.2 Å². The van der Waals surface area contributed by atoms with Crippen LogP contribution in [0.15, 0.2) is 48.5 Å². The van der Waals surface area contributed by atoms with Crippen molar-refractivity contribution >= 4 is 17.5 Å². The van der Waals surface area contributed by atoms with Crippen LogP contribution in [0.2, 0.25) is 0 Å². The van der Waals surface area contributed by atoms with Crippen LogP contribution in [0, 0.1) is 11.7 Å². The van der Waals surface area contributed by atoms with Crippen molar-refractivity contribution in [1.82, 2.24) is 4.90 Å². The van der Waals surface area contributed by atoms with E-state index in [2.05, 4.69) is 5.32 Å². The number of amides is 2. The third-order valence-corrected chi connectivity index (χ3v) is 6.05. The Morgan fingerprint density at radius 3 is 2.69 bits per heavy atom. The molecule has 3 unspecified atom stereocenters. The molecule has 3 atom stereocenters. The molecule has 5 nitrogen and oxygen atoms in total. The van der Waals surface area contributed by atoms with Crippen LogP contribution >= 0.6 is 0 Å². The zero-order chi connectivity index (χ0) is 20.4. The summed E-state index contributed by atoms with van der Waals surface area (Å²) in [5, 5.41) is 2.80. The van der Waals surface area contributed by atoms with Crippen LogP contribution in [0.5, 0.6) is 5.75 Å². The van der Waals surface area contributed by atoms with Gasteiger partial charge < -0.3 is 15.0 Å². The second-order valence-electron chi connectivity index (χ2n) is 7.78. The first kappa shape index (κ1) is 19.4. The molecule has 0 aromatic heterocycles. The van der Waals surface area contributed by atoms with Crippen molar-refractivity contribution in [3.05, 3.63) is 59.9 Å². The Bertz CT molecular complexity index is 917. The van der Waals surface area contributed by atoms with Gasteiger partial charge in [0.2, 0.25) is 5.91 Å². The Morgan fingerprint density at radius 1 is 1.10 bits per heavy atom. The molecule has 4 rings (SSSR count). The lowest BCUT2D eigenvalue weighted by atomic mass is 9.84. The number of para-hydroxylation sites is 1. The third-order valence-electron chi connectivity index (χ3n) is 6.05. The molecular weight excluding hydrogens is 371 g/mol. The van der Waals surface area contributed by atoms with Crippen molar-refractivity contribution in [3.63, 3.8) is 0 Å². The number of carbonyl (C=O) groups excluding carboxylic acids is 2. The summed E-state index contributed by atoms with van der Waals surface area (Å²) < 4.78 is 18.9. The van der Waals surface area contributed by atoms with Gasteiger partial charge in [-0.1, -0.05) is 31.0 Å². The summed E-state index contributed by atoms with van der Waals surface area (Å²) in [6.07, 6.45) is 4.72. The topological polar surface area (TPSA) is 58.6 Å². The van der Waals surface area contributed by atoms with Gasteiger partial charge in [0.25, 0.3) is 5.91 Å². The standard InChI is InChI=1S/C23H25FN2O3/c1-29-21-12-5-3-10-18(21)23(28)26-19-11-4-2-7-15(19)13-20(26)22(27)25-17-9-6-8-16(24)14-17/h3,5-6,8-10,12,14-15,19-20H,2,4,7,11,13H2,1H3,(H,25,27). The number of carbonyl (C=O) groups is 2. The fourth-order valence-corrected chi connectivity index (χ4v) is 4.74. The van der Waals surface area contributed by atoms with E-state index in [0.29, 0.717) is 29.3 Å². The number of methoxy groups -OCH3 is 1. The first-order chi connectivity index (χ1) is 14.1. The highest BCUT2D eigenvalue weighted by molar-refractivity contribution is 6.03. The van der Waals surface area contributed by atoms with Gasteiger partial charge in [-0.3, -0.25) is 9.59 Å². The first-order valence-corrected chi connectivity index (χ1v) is 10.1. The van der Waals surface area contributed by atoms with E-state index in [1.165, 1.54) is 19.2 Å². The predicted octanol–water partition coefficient (Wildman–Crippen LogP) is 4.25. The molecular formula is C23H25FN2O3. The highest BCUT2D eigenvalue weighted by atomic mass is 19.1. The Morgan fingerprint density at radius 2 is 1.90 bits per heavy atom. The number of benzene rings is 2. The third kappa shape index (κ3) is 3.84. The summed E-state index contributed by atoms with van der Waals surface area (Å²) in [5.41, 5.74) is 0.861. The van der Waals surface area contributed by atoms with Crippen molar-refractivity contribution in [3.8, 4) is 5.75 Å². The van der Waals surface area contributed by atoms with Crippen LogP contribution in [0.4, 0.5) is 10.1 Å². The lowest BCUT2D eigenvalue weighted by Crippen LogP contribution is -2.48. The van der Waals surface area contributed by atoms with Gasteiger partial charge in [0.15, 0.2) is 0 Å². The Labute approximate surface area is 169 Å². The minimum Gasteiger partial charge on any atom is -0.496 e. The first-order valence-electron chi connectivity index (χ1n) is 10.1. The van der Waals surface area contributed by atoms with E-state index in [1.807, 2.05) is 6.07 Å². The molecule has 29 heavy (non-hydrogen) atoms. The molecule has 2 aromatic rings. The summed E-state index contributed by atoms with van der Waals surface area (Å²) in [5.74, 6) is -0.0546. The van der Waals surface area contributed by atoms with Gasteiger partial charge in [-0.25, -0.2) is 4.39 Å². The van der Waals surface area contributed by atoms with Crippen LogP contribution in [-0.2, 0) is 4.79 Å². The average molecular weight is 396 g/mol. The molecule has 2 fully saturated rings. The second-order valence-corrected chi connectivity index (χ2v) is 7.78. The number of nitrogens with zero attached hydrogens (tertiary/aromatic N) is 1. The monoisotopic (exact) mass is 396 g/mol. The molecule has 2 aliphatic rings. The summed E-state index contributed by atoms with van der Waals surface area (Å²) >= 11 is 0. The van der Waals surface area contributed by atoms with E-state index >= 15 is 0 Å². The predicted molar refractivity (Wildman–Crippen MR) is 108 cm³/mol. The van der Waals surface area contributed by atoms with Crippen molar-refractivity contribution in [1.29, 1.82) is 0 Å². The van der Waals surface area contributed by atoms with Gasteiger partial charge in [-0.05, 0) is 55.5 Å². The second kappa shape index (κ2) is 8.23. The Hall–Kier alpha value is -2.89. The SMILES string of the molecule is COc1ccccc1C(=O)N1C(C(=O)Nc2cccc(F)c2)CC2CCCCC21. The maximum absolute atomic E-state index is 13.5. The molecule has 1 heterocycles. The minimum atomic E-state index is -0.580. The summed E-state index contributed by atoms with van der Waals surface area (Å²) in [4.78, 5) is 28.4. The van der Waals surface area contributed by atoms with Crippen LogP contribution in [-0.4, -0.2) is 35.9 Å². The summed E-state index contributed by atoms with van der Waals surface area (Å²) in [6.45, 7) is 0. The van der Waals surface area contributed by atoms with E-state index in [9.17, 15) is 14.0 Å².